The lowest BCUT2D eigenvalue weighted by Gasteiger charge is -2.14. The van der Waals surface area contributed by atoms with E-state index in [1.165, 1.54) is 11.8 Å². The molecule has 0 aliphatic rings. The minimum Gasteiger partial charge on any atom is -0.314 e. The molecule has 1 atom stereocenters. The van der Waals surface area contributed by atoms with Crippen LogP contribution in [0.3, 0.4) is 0 Å². The summed E-state index contributed by atoms with van der Waals surface area (Å²) < 4.78 is 15.2. The summed E-state index contributed by atoms with van der Waals surface area (Å²) in [6.45, 7) is 8.10. The van der Waals surface area contributed by atoms with Crippen molar-refractivity contribution in [3.05, 3.63) is 53.1 Å². The van der Waals surface area contributed by atoms with Crippen molar-refractivity contribution >= 4 is 0 Å². The summed E-state index contributed by atoms with van der Waals surface area (Å²) in [7, 11) is 0. The Hall–Kier alpha value is -1.68. The highest BCUT2D eigenvalue weighted by Crippen LogP contribution is 2.06. The first-order valence-corrected chi connectivity index (χ1v) is 7.53. The highest BCUT2D eigenvalue weighted by atomic mass is 19.1. The van der Waals surface area contributed by atoms with Crippen molar-refractivity contribution in [2.75, 3.05) is 6.54 Å². The van der Waals surface area contributed by atoms with Crippen LogP contribution in [0, 0.1) is 19.7 Å². The quantitative estimate of drug-likeness (QED) is 0.793. The van der Waals surface area contributed by atoms with Crippen LogP contribution < -0.4 is 5.32 Å². The van der Waals surface area contributed by atoms with Crippen molar-refractivity contribution in [3.63, 3.8) is 0 Å². The van der Waals surface area contributed by atoms with Crippen molar-refractivity contribution in [2.45, 2.75) is 46.2 Å². The van der Waals surface area contributed by atoms with Crippen molar-refractivity contribution in [3.8, 4) is 0 Å². The molecule has 1 aromatic heterocycles. The van der Waals surface area contributed by atoms with Gasteiger partial charge in [0.1, 0.15) is 5.82 Å². The third-order valence-corrected chi connectivity index (χ3v) is 3.57. The van der Waals surface area contributed by atoms with Gasteiger partial charge in [-0.05, 0) is 63.9 Å². The molecule has 2 aromatic rings. The van der Waals surface area contributed by atoms with E-state index in [0.717, 1.165) is 37.2 Å². The Kier molecular flexibility index (Phi) is 5.51. The predicted octanol–water partition coefficient (Wildman–Crippen LogP) is 3.25. The van der Waals surface area contributed by atoms with Gasteiger partial charge < -0.3 is 5.32 Å². The van der Waals surface area contributed by atoms with Gasteiger partial charge in [-0.2, -0.15) is 5.10 Å². The highest BCUT2D eigenvalue weighted by molar-refractivity contribution is 5.17. The van der Waals surface area contributed by atoms with E-state index in [-0.39, 0.29) is 5.82 Å². The summed E-state index contributed by atoms with van der Waals surface area (Å²) in [4.78, 5) is 0. The van der Waals surface area contributed by atoms with E-state index in [9.17, 15) is 4.39 Å². The summed E-state index contributed by atoms with van der Waals surface area (Å²) in [5, 5.41) is 7.94. The molecule has 1 unspecified atom stereocenters. The fraction of sp³-hybridized carbons (Fsp3) is 0.471. The first-order chi connectivity index (χ1) is 10.0. The monoisotopic (exact) mass is 289 g/mol. The average molecular weight is 289 g/mol. The molecule has 0 saturated carbocycles. The van der Waals surface area contributed by atoms with Crippen LogP contribution in [-0.4, -0.2) is 22.4 Å². The van der Waals surface area contributed by atoms with Gasteiger partial charge in [-0.15, -0.1) is 0 Å². The average Bonchev–Trinajstić information content (AvgIpc) is 2.73. The van der Waals surface area contributed by atoms with E-state index in [0.29, 0.717) is 6.04 Å². The van der Waals surface area contributed by atoms with Gasteiger partial charge in [0.2, 0.25) is 0 Å². The lowest BCUT2D eigenvalue weighted by Crippen LogP contribution is -2.29. The second-order valence-electron chi connectivity index (χ2n) is 5.69. The SMILES string of the molecule is Cc1cc(C)n(CCCNC(C)Cc2cccc(F)c2)n1. The third kappa shape index (κ3) is 4.97. The molecule has 1 N–H and O–H groups in total. The van der Waals surface area contributed by atoms with Gasteiger partial charge in [0.05, 0.1) is 5.69 Å². The zero-order valence-corrected chi connectivity index (χ0v) is 13.1. The first-order valence-electron chi connectivity index (χ1n) is 7.53. The molecule has 114 valence electrons. The molecule has 21 heavy (non-hydrogen) atoms. The molecule has 1 aromatic carbocycles. The summed E-state index contributed by atoms with van der Waals surface area (Å²) in [6.07, 6.45) is 1.88. The zero-order valence-electron chi connectivity index (χ0n) is 13.1. The molecule has 1 heterocycles. The molecule has 0 radical (unpaired) electrons. The van der Waals surface area contributed by atoms with Gasteiger partial charge in [0.15, 0.2) is 0 Å². The predicted molar refractivity (Wildman–Crippen MR) is 83.9 cm³/mol. The van der Waals surface area contributed by atoms with Crippen molar-refractivity contribution < 1.29 is 4.39 Å². The molecule has 0 amide bonds. The number of hydrogen-bond donors (Lipinski definition) is 1. The lowest BCUT2D eigenvalue weighted by atomic mass is 10.1. The van der Waals surface area contributed by atoms with Crippen LogP contribution in [0.25, 0.3) is 0 Å². The number of nitrogens with one attached hydrogen (secondary N) is 1. The minimum atomic E-state index is -0.163. The number of aryl methyl sites for hydroxylation is 3. The van der Waals surface area contributed by atoms with Crippen LogP contribution in [0.4, 0.5) is 4.39 Å². The van der Waals surface area contributed by atoms with E-state index in [1.54, 1.807) is 12.1 Å². The molecule has 0 saturated heterocycles. The maximum Gasteiger partial charge on any atom is 0.123 e. The highest BCUT2D eigenvalue weighted by Gasteiger charge is 2.04. The van der Waals surface area contributed by atoms with Gasteiger partial charge in [0, 0.05) is 18.3 Å². The summed E-state index contributed by atoms with van der Waals surface area (Å²) in [5.41, 5.74) is 3.31. The fourth-order valence-electron chi connectivity index (χ4n) is 2.57. The van der Waals surface area contributed by atoms with Gasteiger partial charge >= 0.3 is 0 Å². The van der Waals surface area contributed by atoms with Crippen LogP contribution in [0.1, 0.15) is 30.3 Å². The maximum absolute atomic E-state index is 13.1. The summed E-state index contributed by atoms with van der Waals surface area (Å²) >= 11 is 0. The van der Waals surface area contributed by atoms with Crippen LogP contribution in [-0.2, 0) is 13.0 Å². The van der Waals surface area contributed by atoms with Crippen LogP contribution in [0.5, 0.6) is 0 Å². The maximum atomic E-state index is 13.1. The Labute approximate surface area is 126 Å². The van der Waals surface area contributed by atoms with Gasteiger partial charge in [-0.3, -0.25) is 4.68 Å². The number of halogens is 1. The van der Waals surface area contributed by atoms with Crippen LogP contribution in [0.15, 0.2) is 30.3 Å². The third-order valence-electron chi connectivity index (χ3n) is 3.57. The van der Waals surface area contributed by atoms with E-state index in [4.69, 9.17) is 0 Å². The second kappa shape index (κ2) is 7.36. The summed E-state index contributed by atoms with van der Waals surface area (Å²) in [6, 6.07) is 9.26. The number of benzene rings is 1. The van der Waals surface area contributed by atoms with E-state index < -0.39 is 0 Å². The number of aromatic nitrogens is 2. The molecule has 4 heteroatoms. The topological polar surface area (TPSA) is 29.9 Å². The Morgan fingerprint density at radius 1 is 1.29 bits per heavy atom. The molecule has 0 bridgehead atoms. The van der Waals surface area contributed by atoms with Crippen LogP contribution >= 0.6 is 0 Å². The number of hydrogen-bond acceptors (Lipinski definition) is 2. The smallest absolute Gasteiger partial charge is 0.123 e. The van der Waals surface area contributed by atoms with Gasteiger partial charge in [-0.1, -0.05) is 12.1 Å². The van der Waals surface area contributed by atoms with Gasteiger partial charge in [-0.25, -0.2) is 4.39 Å². The molecular weight excluding hydrogens is 265 g/mol. The largest absolute Gasteiger partial charge is 0.314 e. The Morgan fingerprint density at radius 3 is 2.76 bits per heavy atom. The normalized spacial score (nSPS) is 12.6. The second-order valence-corrected chi connectivity index (χ2v) is 5.69. The zero-order chi connectivity index (χ0) is 15.2. The van der Waals surface area contributed by atoms with Crippen molar-refractivity contribution in [2.24, 2.45) is 0 Å². The molecule has 0 aliphatic carbocycles. The molecule has 0 aliphatic heterocycles. The fourth-order valence-corrected chi connectivity index (χ4v) is 2.57. The molecule has 0 spiro atoms. The summed E-state index contributed by atoms with van der Waals surface area (Å²) in [5.74, 6) is -0.163. The van der Waals surface area contributed by atoms with Crippen molar-refractivity contribution in [1.29, 1.82) is 0 Å². The first kappa shape index (κ1) is 15.7. The van der Waals surface area contributed by atoms with E-state index in [2.05, 4.69) is 30.3 Å². The van der Waals surface area contributed by atoms with Crippen LogP contribution in [0.2, 0.25) is 0 Å². The lowest BCUT2D eigenvalue weighted by molar-refractivity contribution is 0.489. The standard InChI is InChI=1S/C17H24FN3/c1-13(11-16-6-4-7-17(18)12-16)19-8-5-9-21-15(3)10-14(2)20-21/h4,6-7,10,12-13,19H,5,8-9,11H2,1-3H3. The number of rotatable bonds is 7. The van der Waals surface area contributed by atoms with Gasteiger partial charge in [0.25, 0.3) is 0 Å². The minimum absolute atomic E-state index is 0.163. The number of nitrogens with zero attached hydrogens (tertiary/aromatic N) is 2. The molecule has 0 fully saturated rings. The Morgan fingerprint density at radius 2 is 2.10 bits per heavy atom. The van der Waals surface area contributed by atoms with Crippen molar-refractivity contribution in [1.82, 2.24) is 15.1 Å². The van der Waals surface area contributed by atoms with E-state index in [1.807, 2.05) is 17.7 Å². The molecular formula is C17H24FN3. The Balaban J connectivity index is 1.70. The molecule has 2 rings (SSSR count). The Bertz CT molecular complexity index is 577. The van der Waals surface area contributed by atoms with E-state index >= 15 is 0 Å². The molecule has 3 nitrogen and oxygen atoms in total.